The summed E-state index contributed by atoms with van der Waals surface area (Å²) in [6, 6.07) is 3.55. The summed E-state index contributed by atoms with van der Waals surface area (Å²) in [5.41, 5.74) is 8.26. The average Bonchev–Trinajstić information content (AvgIpc) is 2.54. The highest BCUT2D eigenvalue weighted by molar-refractivity contribution is 9.10. The van der Waals surface area contributed by atoms with Crippen LogP contribution in [-0.4, -0.2) is 14.9 Å². The van der Waals surface area contributed by atoms with Gasteiger partial charge in [0.05, 0.1) is 6.20 Å². The van der Waals surface area contributed by atoms with Gasteiger partial charge in [0.25, 0.3) is 0 Å². The zero-order chi connectivity index (χ0) is 11.9. The van der Waals surface area contributed by atoms with Crippen molar-refractivity contribution in [2.75, 3.05) is 5.73 Å². The first-order valence-electron chi connectivity index (χ1n) is 4.77. The Morgan fingerprint density at radius 2 is 2.06 bits per heavy atom. The number of nitrogens with zero attached hydrogens (tertiary/aromatic N) is 2. The molecule has 2 rings (SSSR count). The molecule has 0 saturated carbocycles. The normalized spacial score (nSPS) is 10.7. The quantitative estimate of drug-likeness (QED) is 0.844. The van der Waals surface area contributed by atoms with E-state index in [1.165, 1.54) is 0 Å². The number of phenols is 1. The number of aryl methyl sites for hydroxylation is 2. The Balaban J connectivity index is 2.65. The van der Waals surface area contributed by atoms with Crippen molar-refractivity contribution in [1.29, 1.82) is 0 Å². The molecule has 4 nitrogen and oxygen atoms in total. The first-order valence-corrected chi connectivity index (χ1v) is 5.57. The van der Waals surface area contributed by atoms with E-state index in [9.17, 15) is 5.11 Å². The van der Waals surface area contributed by atoms with Crippen LogP contribution in [0.3, 0.4) is 0 Å². The Labute approximate surface area is 102 Å². The molecule has 16 heavy (non-hydrogen) atoms. The summed E-state index contributed by atoms with van der Waals surface area (Å²) in [6.45, 7) is 1.92. The van der Waals surface area contributed by atoms with Crippen LogP contribution in [-0.2, 0) is 7.05 Å². The summed E-state index contributed by atoms with van der Waals surface area (Å²) in [4.78, 5) is 0. The van der Waals surface area contributed by atoms with Crippen LogP contribution >= 0.6 is 15.9 Å². The van der Waals surface area contributed by atoms with Crippen molar-refractivity contribution in [3.05, 3.63) is 28.4 Å². The zero-order valence-electron chi connectivity index (χ0n) is 9.03. The monoisotopic (exact) mass is 281 g/mol. The molecule has 0 amide bonds. The minimum atomic E-state index is 0.209. The minimum Gasteiger partial charge on any atom is -0.507 e. The van der Waals surface area contributed by atoms with Crippen LogP contribution in [0.25, 0.3) is 11.1 Å². The number of rotatable bonds is 1. The second-order valence-electron chi connectivity index (χ2n) is 3.69. The summed E-state index contributed by atoms with van der Waals surface area (Å²) in [7, 11) is 1.76. The molecule has 0 radical (unpaired) electrons. The highest BCUT2D eigenvalue weighted by Gasteiger charge is 2.13. The Kier molecular flexibility index (Phi) is 2.63. The molecule has 5 heteroatoms. The number of hydrogen-bond donors (Lipinski definition) is 2. The summed E-state index contributed by atoms with van der Waals surface area (Å²) in [5.74, 6) is 0.742. The highest BCUT2D eigenvalue weighted by Crippen LogP contribution is 2.36. The fourth-order valence-corrected chi connectivity index (χ4v) is 1.88. The van der Waals surface area contributed by atoms with Gasteiger partial charge in [-0.3, -0.25) is 4.68 Å². The smallest absolute Gasteiger partial charge is 0.129 e. The molecular formula is C11H12BrN3O. The minimum absolute atomic E-state index is 0.209. The van der Waals surface area contributed by atoms with Gasteiger partial charge < -0.3 is 10.8 Å². The molecule has 0 spiro atoms. The van der Waals surface area contributed by atoms with Gasteiger partial charge in [-0.2, -0.15) is 5.10 Å². The SMILES string of the molecule is Cc1cc(O)c(-c2cnn(C)c2N)cc1Br. The third-order valence-electron chi connectivity index (χ3n) is 2.55. The van der Waals surface area contributed by atoms with Crippen LogP contribution < -0.4 is 5.73 Å². The van der Waals surface area contributed by atoms with Crippen LogP contribution in [0.5, 0.6) is 5.75 Å². The molecule has 0 saturated heterocycles. The van der Waals surface area contributed by atoms with Crippen molar-refractivity contribution in [2.24, 2.45) is 7.05 Å². The van der Waals surface area contributed by atoms with E-state index in [1.807, 2.05) is 13.0 Å². The maximum absolute atomic E-state index is 9.89. The molecule has 3 N–H and O–H groups in total. The number of nitrogens with two attached hydrogens (primary N) is 1. The predicted octanol–water partition coefficient (Wildman–Crippen LogP) is 2.45. The average molecular weight is 282 g/mol. The van der Waals surface area contributed by atoms with Crippen LogP contribution in [0, 0.1) is 6.92 Å². The molecule has 0 unspecified atom stereocenters. The van der Waals surface area contributed by atoms with Gasteiger partial charge in [-0.05, 0) is 24.6 Å². The number of phenolic OH excluding ortho intramolecular Hbond substituents is 1. The lowest BCUT2D eigenvalue weighted by Crippen LogP contribution is -1.98. The second kappa shape index (κ2) is 3.83. The lowest BCUT2D eigenvalue weighted by atomic mass is 10.1. The molecule has 1 aromatic carbocycles. The van der Waals surface area contributed by atoms with Crippen LogP contribution in [0.2, 0.25) is 0 Å². The number of nitrogen functional groups attached to an aromatic ring is 1. The fraction of sp³-hybridized carbons (Fsp3) is 0.182. The van der Waals surface area contributed by atoms with Crippen LogP contribution in [0.15, 0.2) is 22.8 Å². The largest absolute Gasteiger partial charge is 0.507 e. The molecule has 1 heterocycles. The van der Waals surface area contributed by atoms with Gasteiger partial charge in [-0.1, -0.05) is 15.9 Å². The van der Waals surface area contributed by atoms with Gasteiger partial charge >= 0.3 is 0 Å². The van der Waals surface area contributed by atoms with Crippen molar-refractivity contribution in [3.8, 4) is 16.9 Å². The Bertz CT molecular complexity index is 548. The van der Waals surface area contributed by atoms with Gasteiger partial charge in [-0.15, -0.1) is 0 Å². The molecule has 1 aromatic heterocycles. The van der Waals surface area contributed by atoms with Crippen molar-refractivity contribution in [2.45, 2.75) is 6.92 Å². The second-order valence-corrected chi connectivity index (χ2v) is 4.54. The van der Waals surface area contributed by atoms with Crippen molar-refractivity contribution >= 4 is 21.7 Å². The van der Waals surface area contributed by atoms with E-state index in [1.54, 1.807) is 24.0 Å². The van der Waals surface area contributed by atoms with Crippen LogP contribution in [0.4, 0.5) is 5.82 Å². The topological polar surface area (TPSA) is 64.1 Å². The molecule has 0 fully saturated rings. The Hall–Kier alpha value is -1.49. The lowest BCUT2D eigenvalue weighted by molar-refractivity contribution is 0.477. The zero-order valence-corrected chi connectivity index (χ0v) is 10.6. The van der Waals surface area contributed by atoms with Gasteiger partial charge in [0.15, 0.2) is 0 Å². The first kappa shape index (κ1) is 11.0. The maximum atomic E-state index is 9.89. The molecule has 0 bridgehead atoms. The summed E-state index contributed by atoms with van der Waals surface area (Å²) >= 11 is 3.43. The Morgan fingerprint density at radius 1 is 1.38 bits per heavy atom. The third-order valence-corrected chi connectivity index (χ3v) is 3.41. The molecule has 84 valence electrons. The van der Waals surface area contributed by atoms with Gasteiger partial charge in [0.1, 0.15) is 11.6 Å². The summed E-state index contributed by atoms with van der Waals surface area (Å²) < 4.78 is 2.51. The van der Waals surface area contributed by atoms with E-state index in [-0.39, 0.29) is 5.75 Å². The molecule has 0 aliphatic heterocycles. The molecule has 0 aliphatic rings. The summed E-state index contributed by atoms with van der Waals surface area (Å²) in [5, 5.41) is 13.9. The van der Waals surface area contributed by atoms with Crippen molar-refractivity contribution in [1.82, 2.24) is 9.78 Å². The molecule has 0 atom stereocenters. The summed E-state index contributed by atoms with van der Waals surface area (Å²) in [6.07, 6.45) is 1.64. The Morgan fingerprint density at radius 3 is 2.62 bits per heavy atom. The van der Waals surface area contributed by atoms with E-state index >= 15 is 0 Å². The number of anilines is 1. The third kappa shape index (κ3) is 1.67. The molecule has 2 aromatic rings. The number of benzene rings is 1. The number of halogens is 1. The van der Waals surface area contributed by atoms with E-state index in [4.69, 9.17) is 5.73 Å². The molecule has 0 aliphatic carbocycles. The van der Waals surface area contributed by atoms with Gasteiger partial charge in [0.2, 0.25) is 0 Å². The van der Waals surface area contributed by atoms with Crippen LogP contribution in [0.1, 0.15) is 5.56 Å². The van der Waals surface area contributed by atoms with Crippen molar-refractivity contribution < 1.29 is 5.11 Å². The maximum Gasteiger partial charge on any atom is 0.129 e. The standard InChI is InChI=1S/C11H12BrN3O/c1-6-3-10(16)7(4-9(6)12)8-5-14-15(2)11(8)13/h3-5,16H,13H2,1-2H3. The van der Waals surface area contributed by atoms with E-state index < -0.39 is 0 Å². The highest BCUT2D eigenvalue weighted by atomic mass is 79.9. The fourth-order valence-electron chi connectivity index (χ4n) is 1.54. The lowest BCUT2D eigenvalue weighted by Gasteiger charge is -2.07. The van der Waals surface area contributed by atoms with Gasteiger partial charge in [-0.25, -0.2) is 0 Å². The van der Waals surface area contributed by atoms with E-state index in [0.717, 1.165) is 15.6 Å². The van der Waals surface area contributed by atoms with Crippen molar-refractivity contribution in [3.63, 3.8) is 0 Å². The molecular weight excluding hydrogens is 270 g/mol. The van der Waals surface area contributed by atoms with E-state index in [2.05, 4.69) is 21.0 Å². The number of hydrogen-bond acceptors (Lipinski definition) is 3. The number of aromatic hydroxyl groups is 1. The predicted molar refractivity (Wildman–Crippen MR) is 67.2 cm³/mol. The first-order chi connectivity index (χ1) is 7.50. The number of aromatic nitrogens is 2. The van der Waals surface area contributed by atoms with Gasteiger partial charge in [0, 0.05) is 22.6 Å². The van der Waals surface area contributed by atoms with E-state index in [0.29, 0.717) is 11.4 Å².